The quantitative estimate of drug-likeness (QED) is 0.766. The maximum absolute atomic E-state index is 12.4. The van der Waals surface area contributed by atoms with Gasteiger partial charge >= 0.3 is 0 Å². The van der Waals surface area contributed by atoms with Crippen molar-refractivity contribution in [2.24, 2.45) is 5.73 Å². The molecule has 4 N–H and O–H groups in total. The number of nitrogens with two attached hydrogens (primary N) is 1. The fourth-order valence-corrected chi connectivity index (χ4v) is 2.54. The third-order valence-corrected chi connectivity index (χ3v) is 3.50. The maximum atomic E-state index is 12.4. The molecule has 0 heterocycles. The smallest absolute Gasteiger partial charge is 0.257 e. The van der Waals surface area contributed by atoms with Crippen LogP contribution in [0.4, 0.5) is 11.4 Å². The standard InChI is InChI=1S/C15H15N3O4S/c1-23(21,22)18-13-9-5-3-7-11(13)15(20)17-12-8-4-2-6-10(12)14(16)19/h2-9,18H,1H3,(H2,16,19)(H,17,20). The number of carbonyl (C=O) groups is 2. The van der Waals surface area contributed by atoms with Gasteiger partial charge in [0.1, 0.15) is 0 Å². The summed E-state index contributed by atoms with van der Waals surface area (Å²) in [6, 6.07) is 12.4. The number of benzene rings is 2. The minimum Gasteiger partial charge on any atom is -0.366 e. The van der Waals surface area contributed by atoms with Crippen LogP contribution in [0.3, 0.4) is 0 Å². The van der Waals surface area contributed by atoms with Gasteiger partial charge in [0.15, 0.2) is 0 Å². The number of rotatable bonds is 5. The number of para-hydroxylation sites is 2. The number of amides is 2. The topological polar surface area (TPSA) is 118 Å². The van der Waals surface area contributed by atoms with Gasteiger partial charge in [-0.2, -0.15) is 0 Å². The first-order valence-corrected chi connectivity index (χ1v) is 8.44. The molecule has 0 saturated carbocycles. The van der Waals surface area contributed by atoms with Crippen LogP contribution in [-0.2, 0) is 10.0 Å². The fourth-order valence-electron chi connectivity index (χ4n) is 1.97. The molecule has 0 fully saturated rings. The van der Waals surface area contributed by atoms with E-state index < -0.39 is 21.8 Å². The summed E-state index contributed by atoms with van der Waals surface area (Å²) in [6.45, 7) is 0. The number of anilines is 2. The molecule has 2 amide bonds. The number of nitrogens with one attached hydrogen (secondary N) is 2. The molecule has 2 rings (SSSR count). The van der Waals surface area contributed by atoms with Crippen molar-refractivity contribution in [2.45, 2.75) is 0 Å². The van der Waals surface area contributed by atoms with E-state index in [1.165, 1.54) is 24.3 Å². The molecule has 0 unspecified atom stereocenters. The first-order chi connectivity index (χ1) is 10.8. The summed E-state index contributed by atoms with van der Waals surface area (Å²) in [5.41, 5.74) is 5.94. The number of primary amides is 1. The van der Waals surface area contributed by atoms with Gasteiger partial charge in [-0.1, -0.05) is 24.3 Å². The number of hydrogen-bond donors (Lipinski definition) is 3. The summed E-state index contributed by atoms with van der Waals surface area (Å²) in [5, 5.41) is 2.56. The number of carbonyl (C=O) groups excluding carboxylic acids is 2. The zero-order valence-electron chi connectivity index (χ0n) is 12.2. The molecule has 0 aliphatic carbocycles. The van der Waals surface area contributed by atoms with Crippen LogP contribution in [0.1, 0.15) is 20.7 Å². The van der Waals surface area contributed by atoms with E-state index in [1.807, 2.05) is 0 Å². The lowest BCUT2D eigenvalue weighted by Crippen LogP contribution is -2.20. The monoisotopic (exact) mass is 333 g/mol. The molecule has 7 nitrogen and oxygen atoms in total. The second-order valence-corrected chi connectivity index (χ2v) is 6.53. The van der Waals surface area contributed by atoms with E-state index in [2.05, 4.69) is 10.0 Å². The van der Waals surface area contributed by atoms with E-state index in [0.29, 0.717) is 0 Å². The summed E-state index contributed by atoms with van der Waals surface area (Å²) in [6.07, 6.45) is 0.990. The van der Waals surface area contributed by atoms with Crippen LogP contribution in [0.2, 0.25) is 0 Å². The third-order valence-electron chi connectivity index (χ3n) is 2.91. The first kappa shape index (κ1) is 16.5. The molecule has 2 aromatic rings. The molecule has 0 saturated heterocycles. The Morgan fingerprint density at radius 3 is 2.00 bits per heavy atom. The van der Waals surface area contributed by atoms with Gasteiger partial charge in [-0.05, 0) is 24.3 Å². The average Bonchev–Trinajstić information content (AvgIpc) is 2.46. The van der Waals surface area contributed by atoms with Gasteiger partial charge in [-0.15, -0.1) is 0 Å². The molecule has 0 aliphatic rings. The van der Waals surface area contributed by atoms with Gasteiger partial charge in [0, 0.05) is 0 Å². The first-order valence-electron chi connectivity index (χ1n) is 6.55. The van der Waals surface area contributed by atoms with E-state index >= 15 is 0 Å². The van der Waals surface area contributed by atoms with E-state index in [1.54, 1.807) is 24.3 Å². The molecule has 0 atom stereocenters. The summed E-state index contributed by atoms with van der Waals surface area (Å²) in [7, 11) is -3.53. The Balaban J connectivity index is 2.34. The zero-order valence-corrected chi connectivity index (χ0v) is 13.1. The van der Waals surface area contributed by atoms with E-state index in [4.69, 9.17) is 5.73 Å². The van der Waals surface area contributed by atoms with Crippen LogP contribution in [0, 0.1) is 0 Å². The maximum Gasteiger partial charge on any atom is 0.257 e. The van der Waals surface area contributed by atoms with Crippen molar-refractivity contribution < 1.29 is 18.0 Å². The van der Waals surface area contributed by atoms with Crippen molar-refractivity contribution in [2.75, 3.05) is 16.3 Å². The Morgan fingerprint density at radius 1 is 0.913 bits per heavy atom. The molecule has 0 radical (unpaired) electrons. The molecule has 120 valence electrons. The van der Waals surface area contributed by atoms with Crippen molar-refractivity contribution in [3.05, 3.63) is 59.7 Å². The van der Waals surface area contributed by atoms with Crippen LogP contribution in [-0.4, -0.2) is 26.5 Å². The Hall–Kier alpha value is -2.87. The second kappa shape index (κ2) is 6.49. The molecule has 8 heteroatoms. The van der Waals surface area contributed by atoms with Gasteiger partial charge in [-0.3, -0.25) is 14.3 Å². The zero-order chi connectivity index (χ0) is 17.0. The Kier molecular flexibility index (Phi) is 4.65. The molecule has 0 spiro atoms. The van der Waals surface area contributed by atoms with Crippen molar-refractivity contribution in [3.63, 3.8) is 0 Å². The highest BCUT2D eigenvalue weighted by Gasteiger charge is 2.16. The van der Waals surface area contributed by atoms with Crippen molar-refractivity contribution in [1.29, 1.82) is 0 Å². The highest BCUT2D eigenvalue weighted by atomic mass is 32.2. The summed E-state index contributed by atoms with van der Waals surface area (Å²) >= 11 is 0. The molecule has 2 aromatic carbocycles. The van der Waals surface area contributed by atoms with Gasteiger partial charge in [-0.25, -0.2) is 8.42 Å². The molecule has 23 heavy (non-hydrogen) atoms. The van der Waals surface area contributed by atoms with Gasteiger partial charge < -0.3 is 11.1 Å². The molecular formula is C15H15N3O4S. The van der Waals surface area contributed by atoms with Crippen molar-refractivity contribution >= 4 is 33.2 Å². The largest absolute Gasteiger partial charge is 0.366 e. The minimum absolute atomic E-state index is 0.122. The predicted octanol–water partition coefficient (Wildman–Crippen LogP) is 1.41. The third kappa shape index (κ3) is 4.30. The Morgan fingerprint density at radius 2 is 1.43 bits per heavy atom. The SMILES string of the molecule is CS(=O)(=O)Nc1ccccc1C(=O)Nc1ccccc1C(N)=O. The summed E-state index contributed by atoms with van der Waals surface area (Å²) in [4.78, 5) is 23.8. The van der Waals surface area contributed by atoms with E-state index in [0.717, 1.165) is 6.26 Å². The fraction of sp³-hybridized carbons (Fsp3) is 0.0667. The number of hydrogen-bond acceptors (Lipinski definition) is 4. The van der Waals surface area contributed by atoms with E-state index in [-0.39, 0.29) is 22.5 Å². The minimum atomic E-state index is -3.53. The van der Waals surface area contributed by atoms with Gasteiger partial charge in [0.2, 0.25) is 10.0 Å². The van der Waals surface area contributed by atoms with Crippen LogP contribution >= 0.6 is 0 Å². The second-order valence-electron chi connectivity index (χ2n) is 4.78. The van der Waals surface area contributed by atoms with Crippen molar-refractivity contribution in [1.82, 2.24) is 0 Å². The summed E-state index contributed by atoms with van der Waals surface area (Å²) < 4.78 is 25.0. The van der Waals surface area contributed by atoms with Crippen molar-refractivity contribution in [3.8, 4) is 0 Å². The van der Waals surface area contributed by atoms with Gasteiger partial charge in [0.25, 0.3) is 11.8 Å². The Labute approximate surface area is 133 Å². The predicted molar refractivity (Wildman–Crippen MR) is 87.8 cm³/mol. The van der Waals surface area contributed by atoms with Crippen LogP contribution in [0.15, 0.2) is 48.5 Å². The van der Waals surface area contributed by atoms with Crippen LogP contribution < -0.4 is 15.8 Å². The molecule has 0 aromatic heterocycles. The average molecular weight is 333 g/mol. The lowest BCUT2D eigenvalue weighted by molar-refractivity contribution is 0.100. The molecule has 0 aliphatic heterocycles. The van der Waals surface area contributed by atoms with E-state index in [9.17, 15) is 18.0 Å². The Bertz CT molecular complexity index is 863. The normalized spacial score (nSPS) is 10.8. The highest BCUT2D eigenvalue weighted by Crippen LogP contribution is 2.20. The summed E-state index contributed by atoms with van der Waals surface area (Å²) in [5.74, 6) is -1.24. The van der Waals surface area contributed by atoms with Crippen LogP contribution in [0.25, 0.3) is 0 Å². The highest BCUT2D eigenvalue weighted by molar-refractivity contribution is 7.92. The lowest BCUT2D eigenvalue weighted by Gasteiger charge is -2.12. The van der Waals surface area contributed by atoms with Gasteiger partial charge in [0.05, 0.1) is 28.8 Å². The molecular weight excluding hydrogens is 318 g/mol. The van der Waals surface area contributed by atoms with Crippen LogP contribution in [0.5, 0.6) is 0 Å². The molecule has 0 bridgehead atoms. The number of sulfonamides is 1. The lowest BCUT2D eigenvalue weighted by atomic mass is 10.1.